The molecule has 0 heterocycles. The highest BCUT2D eigenvalue weighted by molar-refractivity contribution is 5.73. The van der Waals surface area contributed by atoms with Gasteiger partial charge in [0.05, 0.1) is 19.4 Å². The molecular formula is C20H30O4. The van der Waals surface area contributed by atoms with E-state index in [1.807, 2.05) is 0 Å². The van der Waals surface area contributed by atoms with Crippen LogP contribution in [0.25, 0.3) is 0 Å². The minimum Gasteiger partial charge on any atom is -0.481 e. The first kappa shape index (κ1) is 20.2. The third-order valence-electron chi connectivity index (χ3n) is 3.99. The summed E-state index contributed by atoms with van der Waals surface area (Å²) in [6, 6.07) is 7.07. The molecule has 0 fully saturated rings. The molecule has 1 aromatic carbocycles. The van der Waals surface area contributed by atoms with E-state index >= 15 is 0 Å². The predicted molar refractivity (Wildman–Crippen MR) is 95.1 cm³/mol. The lowest BCUT2D eigenvalue weighted by atomic mass is 10.1. The van der Waals surface area contributed by atoms with Crippen molar-refractivity contribution in [2.24, 2.45) is 0 Å². The Morgan fingerprint density at radius 1 is 0.833 bits per heavy atom. The van der Waals surface area contributed by atoms with Crippen LogP contribution in [0, 0.1) is 0 Å². The number of carboxylic acids is 1. The SMILES string of the molecule is CCCCCCCCCCOC(=O)Cc1ccc(CC(=O)O)cc1. The van der Waals surface area contributed by atoms with Gasteiger partial charge in [-0.15, -0.1) is 0 Å². The molecule has 0 spiro atoms. The molecular weight excluding hydrogens is 304 g/mol. The summed E-state index contributed by atoms with van der Waals surface area (Å²) in [6.45, 7) is 2.71. The molecule has 0 aliphatic carbocycles. The Hall–Kier alpha value is -1.84. The van der Waals surface area contributed by atoms with Crippen molar-refractivity contribution in [2.45, 2.75) is 71.1 Å². The molecule has 134 valence electrons. The molecule has 0 aromatic heterocycles. The Morgan fingerprint density at radius 3 is 1.88 bits per heavy atom. The number of carbonyl (C=O) groups is 2. The normalized spacial score (nSPS) is 10.5. The number of ether oxygens (including phenoxy) is 1. The van der Waals surface area contributed by atoms with Gasteiger partial charge < -0.3 is 9.84 Å². The Morgan fingerprint density at radius 2 is 1.33 bits per heavy atom. The quantitative estimate of drug-likeness (QED) is 0.425. The molecule has 1 N–H and O–H groups in total. The highest BCUT2D eigenvalue weighted by Crippen LogP contribution is 2.09. The van der Waals surface area contributed by atoms with Gasteiger partial charge >= 0.3 is 11.9 Å². The fourth-order valence-electron chi connectivity index (χ4n) is 2.59. The molecule has 0 bridgehead atoms. The van der Waals surface area contributed by atoms with Gasteiger partial charge in [0, 0.05) is 0 Å². The van der Waals surface area contributed by atoms with Crippen molar-refractivity contribution in [1.29, 1.82) is 0 Å². The van der Waals surface area contributed by atoms with Crippen molar-refractivity contribution in [3.63, 3.8) is 0 Å². The standard InChI is InChI=1S/C20H30O4/c1-2-3-4-5-6-7-8-9-14-24-20(23)16-18-12-10-17(11-13-18)15-19(21)22/h10-13H,2-9,14-16H2,1H3,(H,21,22). The van der Waals surface area contributed by atoms with E-state index in [1.54, 1.807) is 24.3 Å². The van der Waals surface area contributed by atoms with Crippen LogP contribution in [0.2, 0.25) is 0 Å². The van der Waals surface area contributed by atoms with Gasteiger partial charge in [-0.25, -0.2) is 0 Å². The van der Waals surface area contributed by atoms with Gasteiger partial charge in [-0.3, -0.25) is 9.59 Å². The van der Waals surface area contributed by atoms with Crippen LogP contribution in [0.1, 0.15) is 69.4 Å². The number of hydrogen-bond donors (Lipinski definition) is 1. The van der Waals surface area contributed by atoms with Crippen LogP contribution >= 0.6 is 0 Å². The third kappa shape index (κ3) is 10.0. The number of aliphatic carboxylic acids is 1. The molecule has 24 heavy (non-hydrogen) atoms. The molecule has 4 nitrogen and oxygen atoms in total. The fourth-order valence-corrected chi connectivity index (χ4v) is 2.59. The third-order valence-corrected chi connectivity index (χ3v) is 3.99. The topological polar surface area (TPSA) is 63.6 Å². The average molecular weight is 334 g/mol. The summed E-state index contributed by atoms with van der Waals surface area (Å²) in [5.41, 5.74) is 1.59. The maximum Gasteiger partial charge on any atom is 0.310 e. The molecule has 0 aliphatic rings. The Balaban J connectivity index is 2.08. The van der Waals surface area contributed by atoms with Crippen LogP contribution in [-0.4, -0.2) is 23.7 Å². The number of unbranched alkanes of at least 4 members (excludes halogenated alkanes) is 7. The molecule has 0 aliphatic heterocycles. The van der Waals surface area contributed by atoms with E-state index in [1.165, 1.54) is 38.5 Å². The first-order valence-electron chi connectivity index (χ1n) is 9.07. The van der Waals surface area contributed by atoms with E-state index < -0.39 is 5.97 Å². The van der Waals surface area contributed by atoms with Gasteiger partial charge in [-0.1, -0.05) is 76.1 Å². The van der Waals surface area contributed by atoms with Crippen molar-refractivity contribution in [3.8, 4) is 0 Å². The lowest BCUT2D eigenvalue weighted by Gasteiger charge is -2.06. The largest absolute Gasteiger partial charge is 0.481 e. The minimum atomic E-state index is -0.854. The van der Waals surface area contributed by atoms with Crippen LogP contribution in [0.5, 0.6) is 0 Å². The highest BCUT2D eigenvalue weighted by Gasteiger charge is 2.06. The summed E-state index contributed by atoms with van der Waals surface area (Å²) in [7, 11) is 0. The van der Waals surface area contributed by atoms with Crippen LogP contribution in [0.15, 0.2) is 24.3 Å². The molecule has 0 amide bonds. The summed E-state index contributed by atoms with van der Waals surface area (Å²) in [5, 5.41) is 8.72. The second-order valence-corrected chi connectivity index (χ2v) is 6.26. The maximum atomic E-state index is 11.8. The Labute approximate surface area is 145 Å². The van der Waals surface area contributed by atoms with E-state index in [-0.39, 0.29) is 18.8 Å². The Kier molecular flexibility index (Phi) is 10.6. The number of carbonyl (C=O) groups excluding carboxylic acids is 1. The Bertz CT molecular complexity index is 479. The molecule has 0 saturated carbocycles. The van der Waals surface area contributed by atoms with Gasteiger partial charge in [0.25, 0.3) is 0 Å². The molecule has 0 atom stereocenters. The summed E-state index contributed by atoms with van der Waals surface area (Å²) < 4.78 is 5.25. The summed E-state index contributed by atoms with van der Waals surface area (Å²) >= 11 is 0. The first-order chi connectivity index (χ1) is 11.6. The smallest absolute Gasteiger partial charge is 0.310 e. The van der Waals surface area contributed by atoms with Crippen LogP contribution in [-0.2, 0) is 27.2 Å². The lowest BCUT2D eigenvalue weighted by Crippen LogP contribution is -2.09. The number of hydrogen-bond acceptors (Lipinski definition) is 3. The van der Waals surface area contributed by atoms with Gasteiger partial charge in [-0.2, -0.15) is 0 Å². The van der Waals surface area contributed by atoms with Crippen LogP contribution in [0.3, 0.4) is 0 Å². The van der Waals surface area contributed by atoms with Gasteiger partial charge in [-0.05, 0) is 17.5 Å². The summed E-state index contributed by atoms with van der Waals surface area (Å²) in [5.74, 6) is -1.07. The monoisotopic (exact) mass is 334 g/mol. The minimum absolute atomic E-state index is 0.00315. The lowest BCUT2D eigenvalue weighted by molar-refractivity contribution is -0.143. The van der Waals surface area contributed by atoms with Crippen molar-refractivity contribution in [3.05, 3.63) is 35.4 Å². The van der Waals surface area contributed by atoms with Gasteiger partial charge in [0.15, 0.2) is 0 Å². The van der Waals surface area contributed by atoms with E-state index in [2.05, 4.69) is 6.92 Å². The predicted octanol–water partition coefficient (Wildman–Crippen LogP) is 4.54. The van der Waals surface area contributed by atoms with Crippen molar-refractivity contribution in [2.75, 3.05) is 6.61 Å². The molecule has 4 heteroatoms. The van der Waals surface area contributed by atoms with Gasteiger partial charge in [0.2, 0.25) is 0 Å². The van der Waals surface area contributed by atoms with E-state index in [0.29, 0.717) is 6.61 Å². The summed E-state index contributed by atoms with van der Waals surface area (Å²) in [4.78, 5) is 22.4. The highest BCUT2D eigenvalue weighted by atomic mass is 16.5. The number of esters is 1. The zero-order valence-electron chi connectivity index (χ0n) is 14.8. The first-order valence-corrected chi connectivity index (χ1v) is 9.07. The zero-order valence-corrected chi connectivity index (χ0v) is 14.8. The van der Waals surface area contributed by atoms with Crippen LogP contribution in [0.4, 0.5) is 0 Å². The van der Waals surface area contributed by atoms with E-state index in [9.17, 15) is 9.59 Å². The number of benzene rings is 1. The molecule has 0 unspecified atom stereocenters. The molecule has 1 aromatic rings. The summed E-state index contributed by atoms with van der Waals surface area (Å²) in [6.07, 6.45) is 10.0. The second-order valence-electron chi connectivity index (χ2n) is 6.26. The zero-order chi connectivity index (χ0) is 17.6. The fraction of sp³-hybridized carbons (Fsp3) is 0.600. The molecule has 0 saturated heterocycles. The second kappa shape index (κ2) is 12.6. The van der Waals surface area contributed by atoms with E-state index in [0.717, 1.165) is 24.0 Å². The molecule has 0 radical (unpaired) electrons. The van der Waals surface area contributed by atoms with Crippen molar-refractivity contribution >= 4 is 11.9 Å². The van der Waals surface area contributed by atoms with E-state index in [4.69, 9.17) is 9.84 Å². The van der Waals surface area contributed by atoms with Gasteiger partial charge in [0.1, 0.15) is 0 Å². The average Bonchev–Trinajstić information content (AvgIpc) is 2.55. The van der Waals surface area contributed by atoms with Crippen molar-refractivity contribution < 1.29 is 19.4 Å². The maximum absolute atomic E-state index is 11.8. The molecule has 1 rings (SSSR count). The van der Waals surface area contributed by atoms with Crippen molar-refractivity contribution in [1.82, 2.24) is 0 Å². The number of carboxylic acid groups (broad SMARTS) is 1. The number of rotatable bonds is 13. The van der Waals surface area contributed by atoms with Crippen LogP contribution < -0.4 is 0 Å².